The first-order chi connectivity index (χ1) is 11.5. The topological polar surface area (TPSA) is 39.1 Å². The molecule has 0 amide bonds. The number of hydrogen-bond donors (Lipinski definition) is 1. The van der Waals surface area contributed by atoms with Crippen LogP contribution >= 0.6 is 0 Å². The molecule has 0 fully saturated rings. The highest BCUT2D eigenvalue weighted by Crippen LogP contribution is 2.35. The Labute approximate surface area is 136 Å². The van der Waals surface area contributed by atoms with E-state index in [2.05, 4.69) is 10.4 Å². The zero-order valence-corrected chi connectivity index (χ0v) is 13.2. The van der Waals surface area contributed by atoms with E-state index in [9.17, 15) is 13.2 Å². The Morgan fingerprint density at radius 2 is 2.04 bits per heavy atom. The third kappa shape index (κ3) is 2.89. The molecule has 0 atom stereocenters. The molecule has 0 saturated carbocycles. The molecule has 0 aliphatic heterocycles. The van der Waals surface area contributed by atoms with E-state index < -0.39 is 18.8 Å². The summed E-state index contributed by atoms with van der Waals surface area (Å²) in [7, 11) is 3.57. The van der Waals surface area contributed by atoms with Crippen LogP contribution in [0.25, 0.3) is 22.0 Å². The molecule has 7 heteroatoms. The van der Waals surface area contributed by atoms with Crippen LogP contribution in [0.3, 0.4) is 0 Å². The Kier molecular flexibility index (Phi) is 4.33. The highest BCUT2D eigenvalue weighted by atomic mass is 19.3. The number of nitrogens with one attached hydrogen (secondary N) is 1. The highest BCUT2D eigenvalue weighted by Gasteiger charge is 2.16. The smallest absolute Gasteiger partial charge is 0.272 e. The van der Waals surface area contributed by atoms with Crippen molar-refractivity contribution in [2.24, 2.45) is 7.05 Å². The number of ether oxygens (including phenoxy) is 1. The summed E-state index contributed by atoms with van der Waals surface area (Å²) in [4.78, 5) is 0. The fourth-order valence-electron chi connectivity index (χ4n) is 2.64. The molecule has 0 bridgehead atoms. The van der Waals surface area contributed by atoms with Crippen molar-refractivity contribution in [2.45, 2.75) is 6.43 Å². The lowest BCUT2D eigenvalue weighted by Gasteiger charge is -2.12. The van der Waals surface area contributed by atoms with E-state index in [1.54, 1.807) is 30.9 Å². The second-order valence-electron chi connectivity index (χ2n) is 5.27. The Hall–Kier alpha value is -2.70. The molecule has 0 aliphatic rings. The standard InChI is InChI=1S/C17H16F3N3O/c1-21-17-12-7-6-10(8-14(12)23(2)22-17)11-4-3-5-13(18)16(11)24-9-15(19)20/h3-8,15H,9H2,1-2H3,(H,21,22). The molecule has 0 unspecified atom stereocenters. The Morgan fingerprint density at radius 3 is 2.75 bits per heavy atom. The molecule has 126 valence electrons. The zero-order chi connectivity index (χ0) is 17.3. The fourth-order valence-corrected chi connectivity index (χ4v) is 2.64. The van der Waals surface area contributed by atoms with Crippen molar-refractivity contribution in [3.63, 3.8) is 0 Å². The number of benzene rings is 2. The maximum absolute atomic E-state index is 14.0. The summed E-state index contributed by atoms with van der Waals surface area (Å²) in [5.74, 6) is -0.116. The second kappa shape index (κ2) is 6.43. The van der Waals surface area contributed by atoms with Gasteiger partial charge >= 0.3 is 0 Å². The third-order valence-electron chi connectivity index (χ3n) is 3.72. The predicted octanol–water partition coefficient (Wildman–Crippen LogP) is 4.07. The molecular formula is C17H16F3N3O. The van der Waals surface area contributed by atoms with Crippen molar-refractivity contribution in [2.75, 3.05) is 19.0 Å². The number of nitrogens with zero attached hydrogens (tertiary/aromatic N) is 2. The number of halogens is 3. The number of aromatic nitrogens is 2. The lowest BCUT2D eigenvalue weighted by Crippen LogP contribution is -2.08. The maximum Gasteiger partial charge on any atom is 0.272 e. The molecular weight excluding hydrogens is 319 g/mol. The highest BCUT2D eigenvalue weighted by molar-refractivity contribution is 5.93. The van der Waals surface area contributed by atoms with Gasteiger partial charge in [0.2, 0.25) is 0 Å². The van der Waals surface area contributed by atoms with Gasteiger partial charge in [0, 0.05) is 25.0 Å². The van der Waals surface area contributed by atoms with Crippen LogP contribution in [0.15, 0.2) is 36.4 Å². The first-order valence-corrected chi connectivity index (χ1v) is 7.35. The number of anilines is 1. The minimum atomic E-state index is -2.67. The second-order valence-corrected chi connectivity index (χ2v) is 5.27. The summed E-state index contributed by atoms with van der Waals surface area (Å²) in [5.41, 5.74) is 1.92. The minimum Gasteiger partial charge on any atom is -0.484 e. The van der Waals surface area contributed by atoms with Gasteiger partial charge in [-0.25, -0.2) is 13.2 Å². The van der Waals surface area contributed by atoms with E-state index in [0.29, 0.717) is 11.1 Å². The Bertz CT molecular complexity index is 877. The normalized spacial score (nSPS) is 11.2. The molecule has 3 aromatic rings. The van der Waals surface area contributed by atoms with E-state index >= 15 is 0 Å². The van der Waals surface area contributed by atoms with Crippen LogP contribution in [-0.2, 0) is 7.05 Å². The number of hydrogen-bond acceptors (Lipinski definition) is 3. The Morgan fingerprint density at radius 1 is 1.25 bits per heavy atom. The summed E-state index contributed by atoms with van der Waals surface area (Å²) in [6.45, 7) is -0.855. The van der Waals surface area contributed by atoms with Crippen molar-refractivity contribution in [3.05, 3.63) is 42.2 Å². The van der Waals surface area contributed by atoms with Crippen LogP contribution in [0, 0.1) is 5.82 Å². The van der Waals surface area contributed by atoms with Crippen LogP contribution in [0.4, 0.5) is 19.0 Å². The summed E-state index contributed by atoms with van der Waals surface area (Å²) in [6.07, 6.45) is -2.67. The van der Waals surface area contributed by atoms with E-state index in [0.717, 1.165) is 16.7 Å². The molecule has 0 radical (unpaired) electrons. The van der Waals surface area contributed by atoms with Crippen molar-refractivity contribution < 1.29 is 17.9 Å². The van der Waals surface area contributed by atoms with Crippen LogP contribution in [-0.4, -0.2) is 29.9 Å². The average molecular weight is 335 g/mol. The first-order valence-electron chi connectivity index (χ1n) is 7.35. The summed E-state index contributed by atoms with van der Waals surface area (Å²) >= 11 is 0. The van der Waals surface area contributed by atoms with Crippen molar-refractivity contribution >= 4 is 16.7 Å². The van der Waals surface area contributed by atoms with Gasteiger partial charge in [0.1, 0.15) is 6.61 Å². The number of para-hydroxylation sites is 1. The molecule has 1 heterocycles. The van der Waals surface area contributed by atoms with Crippen LogP contribution in [0.5, 0.6) is 5.75 Å². The number of aryl methyl sites for hydroxylation is 1. The summed E-state index contributed by atoms with van der Waals surface area (Å²) in [5, 5.41) is 8.26. The van der Waals surface area contributed by atoms with E-state index in [-0.39, 0.29) is 5.75 Å². The van der Waals surface area contributed by atoms with Gasteiger partial charge < -0.3 is 10.1 Å². The molecule has 4 nitrogen and oxygen atoms in total. The van der Waals surface area contributed by atoms with E-state index in [1.807, 2.05) is 12.1 Å². The molecule has 0 aliphatic carbocycles. The molecule has 1 aromatic heterocycles. The van der Waals surface area contributed by atoms with Crippen LogP contribution in [0.2, 0.25) is 0 Å². The lowest BCUT2D eigenvalue weighted by atomic mass is 10.0. The average Bonchev–Trinajstić information content (AvgIpc) is 2.89. The van der Waals surface area contributed by atoms with Gasteiger partial charge in [0.05, 0.1) is 5.52 Å². The van der Waals surface area contributed by atoms with E-state index in [1.165, 1.54) is 12.1 Å². The predicted molar refractivity (Wildman–Crippen MR) is 87.2 cm³/mol. The SMILES string of the molecule is CNc1nn(C)c2cc(-c3cccc(F)c3OCC(F)F)ccc12. The van der Waals surface area contributed by atoms with Gasteiger partial charge in [-0.05, 0) is 23.8 Å². The largest absolute Gasteiger partial charge is 0.484 e. The van der Waals surface area contributed by atoms with Gasteiger partial charge in [-0.2, -0.15) is 5.10 Å². The van der Waals surface area contributed by atoms with Gasteiger partial charge in [-0.1, -0.05) is 18.2 Å². The molecule has 24 heavy (non-hydrogen) atoms. The monoisotopic (exact) mass is 335 g/mol. The third-order valence-corrected chi connectivity index (χ3v) is 3.72. The lowest BCUT2D eigenvalue weighted by molar-refractivity contribution is 0.0802. The summed E-state index contributed by atoms with van der Waals surface area (Å²) < 4.78 is 45.6. The van der Waals surface area contributed by atoms with Crippen molar-refractivity contribution in [3.8, 4) is 16.9 Å². The number of fused-ring (bicyclic) bond motifs is 1. The van der Waals surface area contributed by atoms with Gasteiger partial charge in [-0.3, -0.25) is 4.68 Å². The first kappa shape index (κ1) is 16.2. The minimum absolute atomic E-state index is 0.173. The van der Waals surface area contributed by atoms with Gasteiger partial charge in [0.25, 0.3) is 6.43 Å². The van der Waals surface area contributed by atoms with Crippen molar-refractivity contribution in [1.29, 1.82) is 0 Å². The quantitative estimate of drug-likeness (QED) is 0.764. The molecule has 2 aromatic carbocycles. The fraction of sp³-hybridized carbons (Fsp3) is 0.235. The number of alkyl halides is 2. The van der Waals surface area contributed by atoms with Gasteiger partial charge in [-0.15, -0.1) is 0 Å². The molecule has 0 spiro atoms. The molecule has 1 N–H and O–H groups in total. The Balaban J connectivity index is 2.10. The van der Waals surface area contributed by atoms with Crippen LogP contribution < -0.4 is 10.1 Å². The maximum atomic E-state index is 14.0. The van der Waals surface area contributed by atoms with E-state index in [4.69, 9.17) is 4.74 Å². The van der Waals surface area contributed by atoms with Gasteiger partial charge in [0.15, 0.2) is 17.4 Å². The van der Waals surface area contributed by atoms with Crippen LogP contribution in [0.1, 0.15) is 0 Å². The zero-order valence-electron chi connectivity index (χ0n) is 13.2. The molecule has 3 rings (SSSR count). The number of rotatable bonds is 5. The summed E-state index contributed by atoms with van der Waals surface area (Å²) in [6, 6.07) is 9.81. The van der Waals surface area contributed by atoms with Crippen molar-refractivity contribution in [1.82, 2.24) is 9.78 Å². The molecule has 0 saturated heterocycles.